The Kier molecular flexibility index (Phi) is 4.27. The third kappa shape index (κ3) is 4.20. The van der Waals surface area contributed by atoms with Crippen molar-refractivity contribution in [3.05, 3.63) is 18.1 Å². The lowest BCUT2D eigenvalue weighted by Gasteiger charge is -2.06. The molecule has 1 saturated carbocycles. The molecule has 0 bridgehead atoms. The van der Waals surface area contributed by atoms with Gasteiger partial charge in [-0.2, -0.15) is 0 Å². The molecule has 0 aromatic carbocycles. The van der Waals surface area contributed by atoms with Crippen LogP contribution in [0.15, 0.2) is 12.4 Å². The van der Waals surface area contributed by atoms with Crippen molar-refractivity contribution in [3.63, 3.8) is 0 Å². The molecule has 3 N–H and O–H groups in total. The second kappa shape index (κ2) is 6.12. The van der Waals surface area contributed by atoms with Crippen LogP contribution < -0.4 is 16.0 Å². The summed E-state index contributed by atoms with van der Waals surface area (Å²) in [5.74, 6) is 0.0418. The van der Waals surface area contributed by atoms with Gasteiger partial charge in [0.25, 0.3) is 5.91 Å². The lowest BCUT2D eigenvalue weighted by molar-refractivity contribution is -0.120. The molecule has 102 valence electrons. The van der Waals surface area contributed by atoms with Crippen LogP contribution in [-0.4, -0.2) is 40.9 Å². The zero-order valence-electron chi connectivity index (χ0n) is 10.8. The second-order valence-corrected chi connectivity index (χ2v) is 4.34. The first-order valence-corrected chi connectivity index (χ1v) is 6.32. The molecular formula is C12H17N5O2. The maximum Gasteiger partial charge on any atom is 0.271 e. The third-order valence-corrected chi connectivity index (χ3v) is 2.59. The summed E-state index contributed by atoms with van der Waals surface area (Å²) in [5, 5.41) is 8.28. The predicted octanol–water partition coefficient (Wildman–Crippen LogP) is -0.0832. The van der Waals surface area contributed by atoms with E-state index in [1.165, 1.54) is 12.4 Å². The molecule has 1 heterocycles. The van der Waals surface area contributed by atoms with Crippen molar-refractivity contribution in [3.8, 4) is 0 Å². The quantitative estimate of drug-likeness (QED) is 0.667. The summed E-state index contributed by atoms with van der Waals surface area (Å²) in [4.78, 5) is 31.1. The fraction of sp³-hybridized carbons (Fsp3) is 0.500. The number of nitrogens with one attached hydrogen (secondary N) is 3. The molecule has 2 amide bonds. The highest BCUT2D eigenvalue weighted by atomic mass is 16.2. The molecule has 0 aliphatic heterocycles. The number of carbonyl (C=O) groups is 2. The zero-order valence-corrected chi connectivity index (χ0v) is 10.8. The van der Waals surface area contributed by atoms with Crippen LogP contribution in [0.25, 0.3) is 0 Å². The van der Waals surface area contributed by atoms with E-state index in [2.05, 4.69) is 25.9 Å². The molecule has 0 atom stereocenters. The Morgan fingerprint density at radius 2 is 2.11 bits per heavy atom. The van der Waals surface area contributed by atoms with Crippen molar-refractivity contribution in [1.82, 2.24) is 20.6 Å². The number of hydrogen-bond acceptors (Lipinski definition) is 5. The summed E-state index contributed by atoms with van der Waals surface area (Å²) in [6.45, 7) is 2.65. The van der Waals surface area contributed by atoms with Crippen molar-refractivity contribution in [2.75, 3.05) is 18.4 Å². The van der Waals surface area contributed by atoms with Crippen LogP contribution in [0.4, 0.5) is 5.82 Å². The first kappa shape index (κ1) is 13.3. The average Bonchev–Trinajstić information content (AvgIpc) is 3.21. The normalized spacial score (nSPS) is 13.7. The highest BCUT2D eigenvalue weighted by molar-refractivity contribution is 5.94. The zero-order chi connectivity index (χ0) is 13.7. The number of amides is 2. The Balaban J connectivity index is 1.79. The van der Waals surface area contributed by atoms with E-state index >= 15 is 0 Å². The van der Waals surface area contributed by atoms with Crippen molar-refractivity contribution >= 4 is 17.6 Å². The number of nitrogens with zero attached hydrogens (tertiary/aromatic N) is 2. The van der Waals surface area contributed by atoms with Crippen LogP contribution in [0.5, 0.6) is 0 Å². The molecule has 7 nitrogen and oxygen atoms in total. The molecule has 7 heteroatoms. The van der Waals surface area contributed by atoms with E-state index in [-0.39, 0.29) is 18.1 Å². The van der Waals surface area contributed by atoms with E-state index in [4.69, 9.17) is 0 Å². The smallest absolute Gasteiger partial charge is 0.271 e. The molecular weight excluding hydrogens is 246 g/mol. The minimum Gasteiger partial charge on any atom is -0.369 e. The third-order valence-electron chi connectivity index (χ3n) is 2.59. The van der Waals surface area contributed by atoms with Crippen molar-refractivity contribution in [2.24, 2.45) is 0 Å². The largest absolute Gasteiger partial charge is 0.369 e. The molecule has 0 radical (unpaired) electrons. The number of rotatable bonds is 6. The summed E-state index contributed by atoms with van der Waals surface area (Å²) in [5.41, 5.74) is 0.195. The van der Waals surface area contributed by atoms with E-state index in [9.17, 15) is 9.59 Å². The Bertz CT molecular complexity index is 456. The summed E-state index contributed by atoms with van der Waals surface area (Å²) in [6, 6.07) is 0.295. The van der Waals surface area contributed by atoms with Gasteiger partial charge in [-0.05, 0) is 19.8 Å². The predicted molar refractivity (Wildman–Crippen MR) is 69.7 cm³/mol. The fourth-order valence-electron chi connectivity index (χ4n) is 1.48. The summed E-state index contributed by atoms with van der Waals surface area (Å²) < 4.78 is 0. The number of carbonyl (C=O) groups excluding carboxylic acids is 2. The molecule has 0 saturated heterocycles. The minimum atomic E-state index is -0.401. The van der Waals surface area contributed by atoms with E-state index < -0.39 is 5.91 Å². The van der Waals surface area contributed by atoms with Gasteiger partial charge in [0.1, 0.15) is 11.5 Å². The van der Waals surface area contributed by atoms with Crippen molar-refractivity contribution in [2.45, 2.75) is 25.8 Å². The molecule has 2 rings (SSSR count). The number of aromatic nitrogens is 2. The van der Waals surface area contributed by atoms with E-state index in [1.54, 1.807) is 0 Å². The Morgan fingerprint density at radius 1 is 1.32 bits per heavy atom. The van der Waals surface area contributed by atoms with E-state index in [1.807, 2.05) is 6.92 Å². The lowest BCUT2D eigenvalue weighted by Crippen LogP contribution is -2.38. The Hall–Kier alpha value is -2.18. The molecule has 0 spiro atoms. The van der Waals surface area contributed by atoms with Crippen LogP contribution >= 0.6 is 0 Å². The monoisotopic (exact) mass is 263 g/mol. The van der Waals surface area contributed by atoms with Gasteiger partial charge in [0.05, 0.1) is 18.9 Å². The van der Waals surface area contributed by atoms with Crippen molar-refractivity contribution < 1.29 is 9.59 Å². The molecule has 0 unspecified atom stereocenters. The topological polar surface area (TPSA) is 96.0 Å². The van der Waals surface area contributed by atoms with Crippen LogP contribution in [0.1, 0.15) is 30.3 Å². The highest BCUT2D eigenvalue weighted by Crippen LogP contribution is 2.18. The minimum absolute atomic E-state index is 0.0357. The van der Waals surface area contributed by atoms with E-state index in [0.717, 1.165) is 19.4 Å². The van der Waals surface area contributed by atoms with Crippen molar-refractivity contribution in [1.29, 1.82) is 0 Å². The highest BCUT2D eigenvalue weighted by Gasteiger charge is 2.23. The number of anilines is 1. The maximum absolute atomic E-state index is 11.7. The summed E-state index contributed by atoms with van der Waals surface area (Å²) in [6.07, 6.45) is 4.92. The van der Waals surface area contributed by atoms with Gasteiger partial charge in [-0.25, -0.2) is 9.97 Å². The van der Waals surface area contributed by atoms with Gasteiger partial charge >= 0.3 is 0 Å². The first-order chi connectivity index (χ1) is 9.19. The molecule has 1 aliphatic rings. The molecule has 1 fully saturated rings. The van der Waals surface area contributed by atoms with Gasteiger partial charge < -0.3 is 16.0 Å². The lowest BCUT2D eigenvalue weighted by atomic mass is 10.4. The van der Waals surface area contributed by atoms with Gasteiger partial charge in [0.15, 0.2) is 0 Å². The summed E-state index contributed by atoms with van der Waals surface area (Å²) in [7, 11) is 0. The maximum atomic E-state index is 11.7. The van der Waals surface area contributed by atoms with Crippen LogP contribution in [-0.2, 0) is 4.79 Å². The van der Waals surface area contributed by atoms with Crippen LogP contribution in [0.2, 0.25) is 0 Å². The average molecular weight is 263 g/mol. The van der Waals surface area contributed by atoms with Gasteiger partial charge in [-0.3, -0.25) is 9.59 Å². The van der Waals surface area contributed by atoms with Crippen LogP contribution in [0.3, 0.4) is 0 Å². The van der Waals surface area contributed by atoms with E-state index in [0.29, 0.717) is 11.9 Å². The molecule has 19 heavy (non-hydrogen) atoms. The Labute approximate surface area is 111 Å². The standard InChI is InChI=1S/C12H17N5O2/c1-2-13-10-6-14-9(5-15-10)12(19)16-7-11(18)17-8-3-4-8/h5-6,8H,2-4,7H2,1H3,(H,13,15)(H,16,19)(H,17,18). The Morgan fingerprint density at radius 3 is 2.68 bits per heavy atom. The van der Waals surface area contributed by atoms with Gasteiger partial charge in [0, 0.05) is 12.6 Å². The number of hydrogen-bond donors (Lipinski definition) is 3. The molecule has 1 aromatic heterocycles. The van der Waals surface area contributed by atoms with Gasteiger partial charge in [-0.15, -0.1) is 0 Å². The van der Waals surface area contributed by atoms with Gasteiger partial charge in [-0.1, -0.05) is 0 Å². The fourth-order valence-corrected chi connectivity index (χ4v) is 1.48. The van der Waals surface area contributed by atoms with Crippen LogP contribution in [0, 0.1) is 0 Å². The molecule has 1 aliphatic carbocycles. The van der Waals surface area contributed by atoms with Gasteiger partial charge in [0.2, 0.25) is 5.91 Å². The summed E-state index contributed by atoms with van der Waals surface area (Å²) >= 11 is 0. The second-order valence-electron chi connectivity index (χ2n) is 4.34. The first-order valence-electron chi connectivity index (χ1n) is 6.32. The SMILES string of the molecule is CCNc1cnc(C(=O)NCC(=O)NC2CC2)cn1. The molecule has 1 aromatic rings.